The first-order chi connectivity index (χ1) is 19.8. The molecular formula is C31H33N3O6S2. The molecule has 0 aliphatic carbocycles. The molecule has 0 atom stereocenters. The van der Waals surface area contributed by atoms with E-state index in [4.69, 9.17) is 4.74 Å². The summed E-state index contributed by atoms with van der Waals surface area (Å²) in [5.41, 5.74) is 4.29. The zero-order chi connectivity index (χ0) is 30.7. The number of hydrogen-bond donors (Lipinski definition) is 2. The maximum Gasteiger partial charge on any atom is 0.264 e. The molecule has 0 aromatic heterocycles. The molecule has 0 saturated heterocycles. The lowest BCUT2D eigenvalue weighted by Crippen LogP contribution is -2.38. The number of aryl methyl sites for hydroxylation is 4. The van der Waals surface area contributed by atoms with Crippen LogP contribution in [0, 0.1) is 27.7 Å². The fourth-order valence-electron chi connectivity index (χ4n) is 4.28. The van der Waals surface area contributed by atoms with Crippen molar-refractivity contribution in [2.75, 3.05) is 28.0 Å². The van der Waals surface area contributed by atoms with Crippen LogP contribution in [0.15, 0.2) is 94.7 Å². The van der Waals surface area contributed by atoms with Gasteiger partial charge in [0.2, 0.25) is 5.91 Å². The molecule has 9 nitrogen and oxygen atoms in total. The Bertz CT molecular complexity index is 1820. The van der Waals surface area contributed by atoms with Gasteiger partial charge in [-0.05, 0) is 99.0 Å². The summed E-state index contributed by atoms with van der Waals surface area (Å²) < 4.78 is 62.4. The first-order valence-electron chi connectivity index (χ1n) is 13.0. The van der Waals surface area contributed by atoms with Gasteiger partial charge in [-0.2, -0.15) is 0 Å². The lowest BCUT2D eigenvalue weighted by Gasteiger charge is -2.26. The zero-order valence-corrected chi connectivity index (χ0v) is 25.6. The molecule has 4 rings (SSSR count). The van der Waals surface area contributed by atoms with Gasteiger partial charge >= 0.3 is 0 Å². The lowest BCUT2D eigenvalue weighted by atomic mass is 10.1. The quantitative estimate of drug-likeness (QED) is 0.243. The molecule has 0 radical (unpaired) electrons. The number of anilines is 3. The van der Waals surface area contributed by atoms with Crippen LogP contribution in [0.5, 0.6) is 5.75 Å². The molecule has 0 heterocycles. The van der Waals surface area contributed by atoms with Crippen molar-refractivity contribution in [2.24, 2.45) is 0 Å². The minimum atomic E-state index is -4.09. The standard InChI is InChI=1S/C31H33N3O6S2/c1-21-7-13-27(14-8-21)42(38,39)34(29-19-23(3)6-10-24(29)4)20-31(35)32-25-11-15-26(16-12-25)41(36,37)33-28-18-22(2)9-17-30(28)40-5/h6-19,33H,20H2,1-5H3,(H,32,35). The topological polar surface area (TPSA) is 122 Å². The highest BCUT2D eigenvalue weighted by molar-refractivity contribution is 7.93. The van der Waals surface area contributed by atoms with E-state index in [-0.39, 0.29) is 9.79 Å². The highest BCUT2D eigenvalue weighted by Crippen LogP contribution is 2.30. The first kappa shape index (κ1) is 30.6. The molecule has 0 fully saturated rings. The summed E-state index contributed by atoms with van der Waals surface area (Å²) in [7, 11) is -6.59. The van der Waals surface area contributed by atoms with E-state index in [9.17, 15) is 21.6 Å². The van der Waals surface area contributed by atoms with Crippen LogP contribution in [0.2, 0.25) is 0 Å². The Kier molecular flexibility index (Phi) is 8.93. The Morgan fingerprint density at radius 2 is 1.31 bits per heavy atom. The Morgan fingerprint density at radius 3 is 1.95 bits per heavy atom. The highest BCUT2D eigenvalue weighted by Gasteiger charge is 2.28. The predicted octanol–water partition coefficient (Wildman–Crippen LogP) is 5.56. The highest BCUT2D eigenvalue weighted by atomic mass is 32.2. The Balaban J connectivity index is 1.56. The maximum absolute atomic E-state index is 13.7. The van der Waals surface area contributed by atoms with Crippen molar-refractivity contribution in [3.8, 4) is 5.75 Å². The van der Waals surface area contributed by atoms with E-state index in [2.05, 4.69) is 10.0 Å². The van der Waals surface area contributed by atoms with E-state index in [0.29, 0.717) is 28.4 Å². The van der Waals surface area contributed by atoms with Crippen molar-refractivity contribution in [2.45, 2.75) is 37.5 Å². The summed E-state index contributed by atoms with van der Waals surface area (Å²) in [5.74, 6) is -0.216. The number of nitrogens with zero attached hydrogens (tertiary/aromatic N) is 1. The third kappa shape index (κ3) is 6.92. The monoisotopic (exact) mass is 607 g/mol. The fraction of sp³-hybridized carbons (Fsp3) is 0.194. The van der Waals surface area contributed by atoms with Crippen LogP contribution in [-0.4, -0.2) is 36.4 Å². The van der Waals surface area contributed by atoms with Crippen LogP contribution in [0.25, 0.3) is 0 Å². The van der Waals surface area contributed by atoms with Gasteiger partial charge in [0.1, 0.15) is 12.3 Å². The fourth-order valence-corrected chi connectivity index (χ4v) is 6.82. The summed E-state index contributed by atoms with van der Waals surface area (Å²) in [6.07, 6.45) is 0. The molecule has 4 aromatic carbocycles. The number of sulfonamides is 2. The normalized spacial score (nSPS) is 11.5. The number of hydrogen-bond acceptors (Lipinski definition) is 6. The van der Waals surface area contributed by atoms with Crippen molar-refractivity contribution in [1.82, 2.24) is 0 Å². The van der Waals surface area contributed by atoms with Crippen LogP contribution in [-0.2, 0) is 24.8 Å². The van der Waals surface area contributed by atoms with Crippen molar-refractivity contribution >= 4 is 43.0 Å². The summed E-state index contributed by atoms with van der Waals surface area (Å²) >= 11 is 0. The Hall–Kier alpha value is -4.35. The third-order valence-corrected chi connectivity index (χ3v) is 9.73. The minimum absolute atomic E-state index is 0.0250. The Labute approximate surface area is 247 Å². The molecule has 0 aliphatic heterocycles. The second kappa shape index (κ2) is 12.3. The number of ether oxygens (including phenoxy) is 1. The number of carbonyl (C=O) groups excluding carboxylic acids is 1. The summed E-state index contributed by atoms with van der Waals surface area (Å²) in [6.45, 7) is 6.83. The van der Waals surface area contributed by atoms with Crippen molar-refractivity contribution in [3.63, 3.8) is 0 Å². The number of carbonyl (C=O) groups is 1. The van der Waals surface area contributed by atoms with Gasteiger partial charge in [0, 0.05) is 5.69 Å². The summed E-state index contributed by atoms with van der Waals surface area (Å²) in [5, 5.41) is 2.68. The van der Waals surface area contributed by atoms with E-state index >= 15 is 0 Å². The SMILES string of the molecule is COc1ccc(C)cc1NS(=O)(=O)c1ccc(NC(=O)CN(c2cc(C)ccc2C)S(=O)(=O)c2ccc(C)cc2)cc1. The molecule has 1 amide bonds. The average Bonchev–Trinajstić information content (AvgIpc) is 2.93. The molecule has 0 unspecified atom stereocenters. The van der Waals surface area contributed by atoms with Gasteiger partial charge in [0.15, 0.2) is 0 Å². The summed E-state index contributed by atoms with van der Waals surface area (Å²) in [4.78, 5) is 13.2. The van der Waals surface area contributed by atoms with E-state index in [1.807, 2.05) is 32.9 Å². The average molecular weight is 608 g/mol. The van der Waals surface area contributed by atoms with Gasteiger partial charge in [0.05, 0.1) is 28.3 Å². The van der Waals surface area contributed by atoms with Crippen molar-refractivity contribution in [1.29, 1.82) is 0 Å². The molecule has 0 saturated carbocycles. The third-order valence-electron chi connectivity index (χ3n) is 6.58. The van der Waals surface area contributed by atoms with Crippen molar-refractivity contribution in [3.05, 3.63) is 107 Å². The molecular weight excluding hydrogens is 574 g/mol. The van der Waals surface area contributed by atoms with Gasteiger partial charge < -0.3 is 10.1 Å². The molecule has 2 N–H and O–H groups in total. The van der Waals surface area contributed by atoms with Crippen LogP contribution in [0.1, 0.15) is 22.3 Å². The number of methoxy groups -OCH3 is 1. The number of nitrogens with one attached hydrogen (secondary N) is 2. The minimum Gasteiger partial charge on any atom is -0.495 e. The van der Waals surface area contributed by atoms with Gasteiger partial charge in [-0.15, -0.1) is 0 Å². The van der Waals surface area contributed by atoms with Crippen LogP contribution >= 0.6 is 0 Å². The Morgan fingerprint density at radius 1 is 0.738 bits per heavy atom. The molecule has 4 aromatic rings. The van der Waals surface area contributed by atoms with Gasteiger partial charge in [0.25, 0.3) is 20.0 Å². The van der Waals surface area contributed by atoms with Crippen LogP contribution in [0.4, 0.5) is 17.1 Å². The number of benzene rings is 4. The van der Waals surface area contributed by atoms with Gasteiger partial charge in [-0.25, -0.2) is 16.8 Å². The van der Waals surface area contributed by atoms with E-state index in [1.54, 1.807) is 43.3 Å². The second-order valence-electron chi connectivity index (χ2n) is 10.00. The predicted molar refractivity (Wildman–Crippen MR) is 165 cm³/mol. The summed E-state index contributed by atoms with van der Waals surface area (Å²) in [6, 6.07) is 22.6. The lowest BCUT2D eigenvalue weighted by molar-refractivity contribution is -0.114. The molecule has 0 bridgehead atoms. The van der Waals surface area contributed by atoms with E-state index in [0.717, 1.165) is 21.0 Å². The number of rotatable bonds is 10. The van der Waals surface area contributed by atoms with E-state index < -0.39 is 32.5 Å². The van der Waals surface area contributed by atoms with E-state index in [1.165, 1.54) is 43.5 Å². The smallest absolute Gasteiger partial charge is 0.264 e. The number of amides is 1. The van der Waals surface area contributed by atoms with Gasteiger partial charge in [-0.1, -0.05) is 35.9 Å². The first-order valence-corrected chi connectivity index (χ1v) is 16.0. The molecule has 220 valence electrons. The van der Waals surface area contributed by atoms with Gasteiger partial charge in [-0.3, -0.25) is 13.8 Å². The van der Waals surface area contributed by atoms with Crippen LogP contribution in [0.3, 0.4) is 0 Å². The molecule has 11 heteroatoms. The zero-order valence-electron chi connectivity index (χ0n) is 24.0. The second-order valence-corrected chi connectivity index (χ2v) is 13.5. The molecule has 0 aliphatic rings. The largest absolute Gasteiger partial charge is 0.495 e. The van der Waals surface area contributed by atoms with Crippen LogP contribution < -0.4 is 19.1 Å². The molecule has 42 heavy (non-hydrogen) atoms. The maximum atomic E-state index is 13.7. The van der Waals surface area contributed by atoms with Crippen molar-refractivity contribution < 1.29 is 26.4 Å². The molecule has 0 spiro atoms.